The molecule has 3 N–H and O–H groups in total. The molecule has 1 aliphatic heterocycles. The number of aliphatic imine (C=N–C) groups is 1. The van der Waals surface area contributed by atoms with Crippen molar-refractivity contribution in [1.82, 2.24) is 10.2 Å². The normalized spacial score (nSPS) is 19.0. The van der Waals surface area contributed by atoms with Crippen LogP contribution in [0.3, 0.4) is 0 Å². The molecule has 0 spiro atoms. The Kier molecular flexibility index (Phi) is 11.1. The second kappa shape index (κ2) is 14.7. The SMILES string of the molecule is COC=NC1CC(Cc2ccccc2)CN1Cc1ccc(C(O)N[C@@H](CCS(C)(=O)=O)C(=O)O)c(-c2ccccc2C)c1. The molecule has 0 radical (unpaired) electrons. The van der Waals surface area contributed by atoms with Crippen molar-refractivity contribution >= 4 is 22.2 Å². The van der Waals surface area contributed by atoms with Gasteiger partial charge in [-0.3, -0.25) is 15.0 Å². The number of aryl methyl sites for hydroxylation is 1. The maximum absolute atomic E-state index is 11.9. The van der Waals surface area contributed by atoms with E-state index in [9.17, 15) is 23.4 Å². The maximum atomic E-state index is 11.9. The van der Waals surface area contributed by atoms with Gasteiger partial charge >= 0.3 is 5.97 Å². The van der Waals surface area contributed by atoms with Crippen molar-refractivity contribution in [3.63, 3.8) is 0 Å². The number of nitrogens with zero attached hydrogens (tertiary/aromatic N) is 2. The third-order valence-corrected chi connectivity index (χ3v) is 8.81. The van der Waals surface area contributed by atoms with Crippen molar-refractivity contribution in [3.8, 4) is 11.1 Å². The van der Waals surface area contributed by atoms with Crippen LogP contribution in [0.1, 0.15) is 41.3 Å². The van der Waals surface area contributed by atoms with Crippen molar-refractivity contribution in [2.45, 2.75) is 51.2 Å². The van der Waals surface area contributed by atoms with Crippen LogP contribution in [0, 0.1) is 12.8 Å². The van der Waals surface area contributed by atoms with E-state index in [2.05, 4.69) is 39.5 Å². The highest BCUT2D eigenvalue weighted by Crippen LogP contribution is 2.34. The molecule has 10 heteroatoms. The number of hydrogen-bond acceptors (Lipinski definition) is 8. The van der Waals surface area contributed by atoms with Gasteiger partial charge in [0.25, 0.3) is 0 Å². The second-order valence-corrected chi connectivity index (χ2v) is 13.6. The minimum atomic E-state index is -3.37. The van der Waals surface area contributed by atoms with Crippen LogP contribution in [0.2, 0.25) is 0 Å². The summed E-state index contributed by atoms with van der Waals surface area (Å²) in [6.07, 6.45) is 2.91. The van der Waals surface area contributed by atoms with Crippen LogP contribution in [0.4, 0.5) is 0 Å². The monoisotopic (exact) mass is 607 g/mol. The number of methoxy groups -OCH3 is 1. The number of aliphatic hydroxyl groups is 1. The second-order valence-electron chi connectivity index (χ2n) is 11.3. The lowest BCUT2D eigenvalue weighted by molar-refractivity contribution is -0.140. The summed E-state index contributed by atoms with van der Waals surface area (Å²) in [5, 5.41) is 23.7. The van der Waals surface area contributed by atoms with E-state index in [0.717, 1.165) is 47.9 Å². The standard InChI is InChI=1S/C33H41N3O6S/c1-23-9-7-8-12-27(23)29-18-25(13-14-28(29)32(37)35-30(33(38)39)15-16-43(3,40)41)20-36-21-26(19-31(36)34-22-42-2)17-24-10-5-4-6-11-24/h4-14,18,22,26,30-32,35,37H,15-17,19-21H2,1-3H3,(H,38,39)/t26?,30-,31?,32?/m0/s1. The van der Waals surface area contributed by atoms with Crippen LogP contribution in [0.5, 0.6) is 0 Å². The molecule has 9 nitrogen and oxygen atoms in total. The van der Waals surface area contributed by atoms with Gasteiger partial charge in [-0.1, -0.05) is 66.7 Å². The average molecular weight is 608 g/mol. The average Bonchev–Trinajstić information content (AvgIpc) is 3.34. The number of carboxylic acids is 1. The molecular formula is C33H41N3O6S. The number of aliphatic hydroxyl groups excluding tert-OH is 1. The van der Waals surface area contributed by atoms with Gasteiger partial charge in [-0.2, -0.15) is 0 Å². The van der Waals surface area contributed by atoms with Gasteiger partial charge in [-0.15, -0.1) is 0 Å². The number of aliphatic carboxylic acids is 1. The molecule has 0 bridgehead atoms. The van der Waals surface area contributed by atoms with Crippen molar-refractivity contribution in [2.24, 2.45) is 10.9 Å². The Hall–Kier alpha value is -3.57. The van der Waals surface area contributed by atoms with Gasteiger partial charge in [0.2, 0.25) is 0 Å². The molecule has 3 aromatic rings. The third kappa shape index (κ3) is 9.21. The van der Waals surface area contributed by atoms with Crippen LogP contribution in [0.15, 0.2) is 77.8 Å². The molecule has 1 heterocycles. The smallest absolute Gasteiger partial charge is 0.320 e. The summed E-state index contributed by atoms with van der Waals surface area (Å²) in [7, 11) is -1.78. The van der Waals surface area contributed by atoms with Crippen LogP contribution in [-0.4, -0.2) is 73.8 Å². The summed E-state index contributed by atoms with van der Waals surface area (Å²) < 4.78 is 28.5. The summed E-state index contributed by atoms with van der Waals surface area (Å²) in [6, 6.07) is 22.8. The van der Waals surface area contributed by atoms with E-state index in [-0.39, 0.29) is 18.3 Å². The Morgan fingerprint density at radius 3 is 2.49 bits per heavy atom. The fourth-order valence-corrected chi connectivity index (χ4v) is 6.36. The number of benzene rings is 3. The molecule has 3 unspecified atom stereocenters. The van der Waals surface area contributed by atoms with Crippen molar-refractivity contribution in [3.05, 3.63) is 95.1 Å². The van der Waals surface area contributed by atoms with Crippen LogP contribution in [0.25, 0.3) is 11.1 Å². The Labute approximate surface area is 254 Å². The van der Waals surface area contributed by atoms with Crippen LogP contribution in [-0.2, 0) is 32.3 Å². The Morgan fingerprint density at radius 2 is 1.81 bits per heavy atom. The quantitative estimate of drug-likeness (QED) is 0.141. The number of hydrogen-bond donors (Lipinski definition) is 3. The zero-order valence-corrected chi connectivity index (χ0v) is 25.7. The van der Waals surface area contributed by atoms with Gasteiger partial charge in [0.1, 0.15) is 28.3 Å². The van der Waals surface area contributed by atoms with E-state index in [1.165, 1.54) is 12.0 Å². The third-order valence-electron chi connectivity index (χ3n) is 7.83. The molecule has 43 heavy (non-hydrogen) atoms. The zero-order chi connectivity index (χ0) is 31.0. The summed E-state index contributed by atoms with van der Waals surface area (Å²) in [4.78, 5) is 18.9. The number of likely N-dealkylation sites (tertiary alicyclic amines) is 1. The van der Waals surface area contributed by atoms with Crippen LogP contribution < -0.4 is 5.32 Å². The van der Waals surface area contributed by atoms with Crippen LogP contribution >= 0.6 is 0 Å². The molecule has 0 aliphatic carbocycles. The molecular weight excluding hydrogens is 566 g/mol. The number of rotatable bonds is 14. The van der Waals surface area contributed by atoms with Gasteiger partial charge in [-0.25, -0.2) is 13.4 Å². The van der Waals surface area contributed by atoms with E-state index in [4.69, 9.17) is 4.74 Å². The lowest BCUT2D eigenvalue weighted by atomic mass is 9.93. The minimum absolute atomic E-state index is 0.0336. The summed E-state index contributed by atoms with van der Waals surface area (Å²) in [5.74, 6) is -1.10. The van der Waals surface area contributed by atoms with Gasteiger partial charge in [-0.05, 0) is 66.0 Å². The Morgan fingerprint density at radius 1 is 1.09 bits per heavy atom. The number of carbonyl (C=O) groups is 1. The lowest BCUT2D eigenvalue weighted by Gasteiger charge is -2.25. The first-order valence-corrected chi connectivity index (χ1v) is 16.5. The van der Waals surface area contributed by atoms with Gasteiger partial charge in [0.15, 0.2) is 6.40 Å². The number of sulfone groups is 1. The maximum Gasteiger partial charge on any atom is 0.320 e. The highest BCUT2D eigenvalue weighted by molar-refractivity contribution is 7.90. The van der Waals surface area contributed by atoms with Gasteiger partial charge < -0.3 is 14.9 Å². The molecule has 4 rings (SSSR count). The van der Waals surface area contributed by atoms with Crippen molar-refractivity contribution in [1.29, 1.82) is 0 Å². The largest absolute Gasteiger partial charge is 0.487 e. The zero-order valence-electron chi connectivity index (χ0n) is 24.9. The number of carboxylic acid groups (broad SMARTS) is 1. The van der Waals surface area contributed by atoms with Crippen molar-refractivity contribution in [2.75, 3.05) is 25.7 Å². The van der Waals surface area contributed by atoms with E-state index in [0.29, 0.717) is 18.0 Å². The van der Waals surface area contributed by atoms with E-state index in [1.807, 2.05) is 55.5 Å². The predicted molar refractivity (Wildman–Crippen MR) is 168 cm³/mol. The van der Waals surface area contributed by atoms with E-state index in [1.54, 1.807) is 7.11 Å². The Bertz CT molecular complexity index is 1510. The molecule has 0 saturated carbocycles. The lowest BCUT2D eigenvalue weighted by Crippen LogP contribution is -2.40. The first-order chi connectivity index (χ1) is 20.5. The first-order valence-electron chi connectivity index (χ1n) is 14.4. The predicted octanol–water partition coefficient (Wildman–Crippen LogP) is 4.20. The topological polar surface area (TPSA) is 129 Å². The molecule has 4 atom stereocenters. The van der Waals surface area contributed by atoms with Crippen molar-refractivity contribution < 1.29 is 28.2 Å². The molecule has 230 valence electrons. The molecule has 1 saturated heterocycles. The molecule has 0 amide bonds. The molecule has 3 aromatic carbocycles. The van der Waals surface area contributed by atoms with Gasteiger partial charge in [0.05, 0.1) is 12.9 Å². The number of nitrogens with one attached hydrogen (secondary N) is 1. The summed E-state index contributed by atoms with van der Waals surface area (Å²) in [5.41, 5.74) is 5.54. The van der Waals surface area contributed by atoms with E-state index >= 15 is 0 Å². The van der Waals surface area contributed by atoms with E-state index < -0.39 is 28.1 Å². The first kappa shape index (κ1) is 32.3. The molecule has 1 aliphatic rings. The summed E-state index contributed by atoms with van der Waals surface area (Å²) >= 11 is 0. The fourth-order valence-electron chi connectivity index (χ4n) is 5.70. The molecule has 1 fully saturated rings. The number of ether oxygens (including phenoxy) is 1. The van der Waals surface area contributed by atoms with Gasteiger partial charge in [0, 0.05) is 24.9 Å². The highest BCUT2D eigenvalue weighted by atomic mass is 32.2. The Balaban J connectivity index is 1.61. The minimum Gasteiger partial charge on any atom is -0.487 e. The fraction of sp³-hybridized carbons (Fsp3) is 0.394. The summed E-state index contributed by atoms with van der Waals surface area (Å²) in [6.45, 7) is 3.49. The highest BCUT2D eigenvalue weighted by Gasteiger charge is 2.32. The molecule has 0 aromatic heterocycles.